The molecular weight excluding hydrogens is 408 g/mol. The minimum absolute atomic E-state index is 0.298. The molecule has 3 aromatic carbocycles. The van der Waals surface area contributed by atoms with Gasteiger partial charge in [0.15, 0.2) is 0 Å². The number of anilines is 1. The Morgan fingerprint density at radius 2 is 1.65 bits per heavy atom. The Morgan fingerprint density at radius 3 is 2.39 bits per heavy atom. The van der Waals surface area contributed by atoms with Gasteiger partial charge in [0.25, 0.3) is 0 Å². The predicted octanol–water partition coefficient (Wildman–Crippen LogP) is 4.05. The van der Waals surface area contributed by atoms with Crippen LogP contribution in [0, 0.1) is 6.92 Å². The number of aromatic nitrogens is 2. The van der Waals surface area contributed by atoms with Crippen molar-refractivity contribution in [1.82, 2.24) is 14.3 Å². The number of fused-ring (bicyclic) bond motifs is 1. The minimum atomic E-state index is -3.56. The molecule has 0 atom stereocenters. The highest BCUT2D eigenvalue weighted by Gasteiger charge is 2.29. The van der Waals surface area contributed by atoms with Gasteiger partial charge in [-0.15, -0.1) is 0 Å². The summed E-state index contributed by atoms with van der Waals surface area (Å²) in [4.78, 5) is 10.4. The van der Waals surface area contributed by atoms with E-state index in [0.717, 1.165) is 28.1 Å². The Labute approximate surface area is 182 Å². The Kier molecular flexibility index (Phi) is 5.00. The lowest BCUT2D eigenvalue weighted by Gasteiger charge is -2.35. The van der Waals surface area contributed by atoms with Crippen LogP contribution in [0.3, 0.4) is 0 Å². The van der Waals surface area contributed by atoms with Crippen molar-refractivity contribution in [2.45, 2.75) is 11.8 Å². The molecule has 0 bridgehead atoms. The molecule has 0 radical (unpaired) electrons. The van der Waals surface area contributed by atoms with E-state index in [1.165, 1.54) is 5.56 Å². The molecule has 0 aliphatic carbocycles. The number of imidazole rings is 1. The maximum Gasteiger partial charge on any atom is 0.243 e. The van der Waals surface area contributed by atoms with Crippen molar-refractivity contribution >= 4 is 26.7 Å². The molecule has 31 heavy (non-hydrogen) atoms. The minimum Gasteiger partial charge on any atom is -0.369 e. The first-order valence-corrected chi connectivity index (χ1v) is 11.8. The maximum absolute atomic E-state index is 13.3. The first kappa shape index (κ1) is 19.8. The first-order valence-electron chi connectivity index (χ1n) is 10.4. The number of hydrogen-bond acceptors (Lipinski definition) is 4. The van der Waals surface area contributed by atoms with Gasteiger partial charge in [0, 0.05) is 37.4 Å². The molecule has 2 heterocycles. The van der Waals surface area contributed by atoms with Crippen LogP contribution in [0.25, 0.3) is 22.4 Å². The number of aromatic amines is 1. The van der Waals surface area contributed by atoms with E-state index in [9.17, 15) is 8.42 Å². The molecule has 0 spiro atoms. The van der Waals surface area contributed by atoms with Crippen molar-refractivity contribution in [2.24, 2.45) is 0 Å². The number of hydrogen-bond donors (Lipinski definition) is 1. The van der Waals surface area contributed by atoms with Gasteiger partial charge in [-0.25, -0.2) is 13.4 Å². The van der Waals surface area contributed by atoms with Crippen LogP contribution in [0.4, 0.5) is 5.69 Å². The fourth-order valence-electron chi connectivity index (χ4n) is 4.04. The molecule has 5 rings (SSSR count). The van der Waals surface area contributed by atoms with E-state index in [4.69, 9.17) is 0 Å². The van der Waals surface area contributed by atoms with Gasteiger partial charge in [-0.3, -0.25) is 0 Å². The van der Waals surface area contributed by atoms with Crippen molar-refractivity contribution in [1.29, 1.82) is 0 Å². The molecule has 1 N–H and O–H groups in total. The highest BCUT2D eigenvalue weighted by Crippen LogP contribution is 2.26. The second kappa shape index (κ2) is 7.83. The number of sulfonamides is 1. The third-order valence-corrected chi connectivity index (χ3v) is 7.64. The van der Waals surface area contributed by atoms with Crippen LogP contribution in [0.1, 0.15) is 5.56 Å². The van der Waals surface area contributed by atoms with Crippen molar-refractivity contribution in [3.05, 3.63) is 78.4 Å². The predicted molar refractivity (Wildman–Crippen MR) is 124 cm³/mol. The Bertz CT molecular complexity index is 1320. The van der Waals surface area contributed by atoms with Crippen LogP contribution in [0.15, 0.2) is 77.7 Å². The number of piperazine rings is 1. The van der Waals surface area contributed by atoms with Gasteiger partial charge in [0.1, 0.15) is 5.82 Å². The number of nitrogens with zero attached hydrogens (tertiary/aromatic N) is 3. The largest absolute Gasteiger partial charge is 0.369 e. The summed E-state index contributed by atoms with van der Waals surface area (Å²) >= 11 is 0. The van der Waals surface area contributed by atoms with Crippen LogP contribution >= 0.6 is 0 Å². The van der Waals surface area contributed by atoms with E-state index >= 15 is 0 Å². The molecule has 158 valence electrons. The zero-order valence-corrected chi connectivity index (χ0v) is 18.1. The molecule has 0 saturated carbocycles. The molecule has 1 fully saturated rings. The first-order chi connectivity index (χ1) is 15.0. The molecule has 1 aliphatic heterocycles. The van der Waals surface area contributed by atoms with Gasteiger partial charge >= 0.3 is 0 Å². The molecular formula is C24H24N4O2S. The molecule has 0 amide bonds. The smallest absolute Gasteiger partial charge is 0.243 e. The number of rotatable bonds is 4. The zero-order chi connectivity index (χ0) is 21.4. The number of aryl methyl sites for hydroxylation is 1. The monoisotopic (exact) mass is 432 g/mol. The number of benzene rings is 3. The van der Waals surface area contributed by atoms with Crippen molar-refractivity contribution in [3.63, 3.8) is 0 Å². The van der Waals surface area contributed by atoms with Gasteiger partial charge in [-0.05, 0) is 42.8 Å². The SMILES string of the molecule is Cc1cccc(N2CCN(S(=O)(=O)c3ccc4nc(-c5ccccc5)[nH]c4c3)CC2)c1. The Hall–Kier alpha value is -3.16. The Morgan fingerprint density at radius 1 is 0.871 bits per heavy atom. The maximum atomic E-state index is 13.3. The van der Waals surface area contributed by atoms with Gasteiger partial charge in [0.05, 0.1) is 15.9 Å². The summed E-state index contributed by atoms with van der Waals surface area (Å²) in [5, 5.41) is 0. The zero-order valence-electron chi connectivity index (χ0n) is 17.3. The summed E-state index contributed by atoms with van der Waals surface area (Å²) in [6, 6.07) is 23.3. The molecule has 1 aromatic heterocycles. The third kappa shape index (κ3) is 3.82. The normalized spacial score (nSPS) is 15.5. The van der Waals surface area contributed by atoms with E-state index in [2.05, 4.69) is 40.0 Å². The van der Waals surface area contributed by atoms with E-state index in [1.807, 2.05) is 36.4 Å². The summed E-state index contributed by atoms with van der Waals surface area (Å²) < 4.78 is 28.1. The fourth-order valence-corrected chi connectivity index (χ4v) is 5.49. The lowest BCUT2D eigenvalue weighted by molar-refractivity contribution is 0.385. The van der Waals surface area contributed by atoms with E-state index in [1.54, 1.807) is 22.5 Å². The number of H-pyrrole nitrogens is 1. The summed E-state index contributed by atoms with van der Waals surface area (Å²) in [6.07, 6.45) is 0. The average Bonchev–Trinajstić information content (AvgIpc) is 3.23. The highest BCUT2D eigenvalue weighted by molar-refractivity contribution is 7.89. The molecule has 1 saturated heterocycles. The quantitative estimate of drug-likeness (QED) is 0.528. The van der Waals surface area contributed by atoms with Crippen LogP contribution in [0.5, 0.6) is 0 Å². The van der Waals surface area contributed by atoms with Gasteiger partial charge in [-0.2, -0.15) is 4.31 Å². The highest BCUT2D eigenvalue weighted by atomic mass is 32.2. The molecule has 6 nitrogen and oxygen atoms in total. The fraction of sp³-hybridized carbons (Fsp3) is 0.208. The van der Waals surface area contributed by atoms with Gasteiger partial charge in [-0.1, -0.05) is 42.5 Å². The molecule has 4 aromatic rings. The summed E-state index contributed by atoms with van der Waals surface area (Å²) in [5.74, 6) is 0.733. The van der Waals surface area contributed by atoms with E-state index in [-0.39, 0.29) is 0 Å². The third-order valence-electron chi connectivity index (χ3n) is 5.74. The van der Waals surface area contributed by atoms with Crippen LogP contribution in [0.2, 0.25) is 0 Å². The van der Waals surface area contributed by atoms with Crippen LogP contribution in [-0.4, -0.2) is 48.9 Å². The second-order valence-electron chi connectivity index (χ2n) is 7.86. The Balaban J connectivity index is 1.37. The lowest BCUT2D eigenvalue weighted by atomic mass is 10.2. The van der Waals surface area contributed by atoms with Crippen molar-refractivity contribution in [2.75, 3.05) is 31.1 Å². The molecule has 7 heteroatoms. The van der Waals surface area contributed by atoms with E-state index in [0.29, 0.717) is 31.1 Å². The summed E-state index contributed by atoms with van der Waals surface area (Å²) in [7, 11) is -3.56. The van der Waals surface area contributed by atoms with E-state index < -0.39 is 10.0 Å². The second-order valence-corrected chi connectivity index (χ2v) is 9.80. The van der Waals surface area contributed by atoms with Gasteiger partial charge < -0.3 is 9.88 Å². The number of nitrogens with one attached hydrogen (secondary N) is 1. The lowest BCUT2D eigenvalue weighted by Crippen LogP contribution is -2.48. The van der Waals surface area contributed by atoms with Crippen molar-refractivity contribution in [3.8, 4) is 11.4 Å². The molecule has 0 unspecified atom stereocenters. The van der Waals surface area contributed by atoms with Crippen LogP contribution < -0.4 is 4.90 Å². The van der Waals surface area contributed by atoms with Crippen LogP contribution in [-0.2, 0) is 10.0 Å². The summed E-state index contributed by atoms with van der Waals surface area (Å²) in [5.41, 5.74) is 4.79. The topological polar surface area (TPSA) is 69.3 Å². The van der Waals surface area contributed by atoms with Gasteiger partial charge in [0.2, 0.25) is 10.0 Å². The van der Waals surface area contributed by atoms with Crippen molar-refractivity contribution < 1.29 is 8.42 Å². The summed E-state index contributed by atoms with van der Waals surface area (Å²) in [6.45, 7) is 4.35. The standard InChI is InChI=1S/C24H24N4O2S/c1-18-6-5-9-20(16-18)27-12-14-28(15-13-27)31(29,30)21-10-11-22-23(17-21)26-24(25-22)19-7-3-2-4-8-19/h2-11,16-17H,12-15H2,1H3,(H,25,26). The molecule has 1 aliphatic rings. The average molecular weight is 433 g/mol.